The quantitative estimate of drug-likeness (QED) is 0.725. The molecule has 0 aliphatic heterocycles. The van der Waals surface area contributed by atoms with E-state index in [0.717, 1.165) is 0 Å². The molecule has 0 radical (unpaired) electrons. The van der Waals surface area contributed by atoms with Gasteiger partial charge in [-0.25, -0.2) is 4.98 Å². The van der Waals surface area contributed by atoms with E-state index in [2.05, 4.69) is 16.8 Å². The number of pyridine rings is 1. The van der Waals surface area contributed by atoms with Gasteiger partial charge in [-0.3, -0.25) is 4.79 Å². The molecular formula is C13H17N3O2. The third kappa shape index (κ3) is 3.55. The first-order chi connectivity index (χ1) is 8.74. The Hall–Kier alpha value is -1.90. The van der Waals surface area contributed by atoms with Gasteiger partial charge in [0.15, 0.2) is 0 Å². The summed E-state index contributed by atoms with van der Waals surface area (Å²) in [5.41, 5.74) is 6.17. The highest BCUT2D eigenvalue weighted by atomic mass is 16.3. The van der Waals surface area contributed by atoms with Crippen LogP contribution in [0.15, 0.2) is 18.3 Å². The van der Waals surface area contributed by atoms with Crippen LogP contribution >= 0.6 is 0 Å². The minimum absolute atomic E-state index is 0.0732. The van der Waals surface area contributed by atoms with Crippen LogP contribution in [0, 0.1) is 11.8 Å². The second-order valence-corrected chi connectivity index (χ2v) is 3.51. The zero-order valence-electron chi connectivity index (χ0n) is 10.4. The van der Waals surface area contributed by atoms with Gasteiger partial charge in [0.1, 0.15) is 5.69 Å². The molecular weight excluding hydrogens is 230 g/mol. The summed E-state index contributed by atoms with van der Waals surface area (Å²) in [6, 6.07) is 3.45. The number of nitrogens with zero attached hydrogens (tertiary/aromatic N) is 2. The summed E-state index contributed by atoms with van der Waals surface area (Å²) in [7, 11) is 0. The summed E-state index contributed by atoms with van der Waals surface area (Å²) in [4.78, 5) is 17.8. The molecule has 5 heteroatoms. The maximum atomic E-state index is 12.2. The lowest BCUT2D eigenvalue weighted by molar-refractivity contribution is 0.0726. The van der Waals surface area contributed by atoms with Crippen molar-refractivity contribution in [2.45, 2.75) is 6.92 Å². The molecule has 18 heavy (non-hydrogen) atoms. The van der Waals surface area contributed by atoms with E-state index in [4.69, 9.17) is 10.8 Å². The molecule has 0 atom stereocenters. The van der Waals surface area contributed by atoms with Crippen molar-refractivity contribution in [1.29, 1.82) is 0 Å². The number of amides is 1. The van der Waals surface area contributed by atoms with Crippen molar-refractivity contribution >= 4 is 5.91 Å². The molecule has 0 aromatic carbocycles. The van der Waals surface area contributed by atoms with Crippen LogP contribution in [0.3, 0.4) is 0 Å². The minimum Gasteiger partial charge on any atom is -0.395 e. The molecule has 1 heterocycles. The van der Waals surface area contributed by atoms with E-state index in [1.54, 1.807) is 18.3 Å². The summed E-state index contributed by atoms with van der Waals surface area (Å²) in [5.74, 6) is 5.31. The van der Waals surface area contributed by atoms with Crippen molar-refractivity contribution in [1.82, 2.24) is 9.88 Å². The molecule has 0 fully saturated rings. The number of aliphatic hydroxyl groups is 1. The second kappa shape index (κ2) is 7.43. The lowest BCUT2D eigenvalue weighted by Gasteiger charge is -2.19. The molecule has 0 bridgehead atoms. The van der Waals surface area contributed by atoms with Crippen LogP contribution < -0.4 is 5.73 Å². The van der Waals surface area contributed by atoms with Gasteiger partial charge >= 0.3 is 0 Å². The number of carbonyl (C=O) groups is 1. The van der Waals surface area contributed by atoms with Gasteiger partial charge in [0, 0.05) is 19.3 Å². The molecule has 5 nitrogen and oxygen atoms in total. The third-order valence-corrected chi connectivity index (χ3v) is 2.37. The van der Waals surface area contributed by atoms with E-state index in [0.29, 0.717) is 17.8 Å². The highest BCUT2D eigenvalue weighted by Crippen LogP contribution is 2.07. The first-order valence-corrected chi connectivity index (χ1v) is 5.78. The topological polar surface area (TPSA) is 79.5 Å². The van der Waals surface area contributed by atoms with Crippen molar-refractivity contribution in [2.75, 3.05) is 26.2 Å². The molecule has 1 rings (SSSR count). The second-order valence-electron chi connectivity index (χ2n) is 3.51. The zero-order valence-corrected chi connectivity index (χ0v) is 10.4. The van der Waals surface area contributed by atoms with Crippen LogP contribution in [0.2, 0.25) is 0 Å². The normalized spacial score (nSPS) is 9.50. The summed E-state index contributed by atoms with van der Waals surface area (Å²) in [6.07, 6.45) is 1.55. The molecule has 0 saturated heterocycles. The Bertz CT molecular complexity index is 463. The first kappa shape index (κ1) is 14.2. The Balaban J connectivity index is 3.04. The van der Waals surface area contributed by atoms with Gasteiger partial charge in [0.05, 0.1) is 18.7 Å². The number of aliphatic hydroxyl groups excluding tert-OH is 1. The molecule has 0 spiro atoms. The molecule has 1 aromatic heterocycles. The molecule has 0 aliphatic rings. The molecule has 1 aromatic rings. The van der Waals surface area contributed by atoms with Gasteiger partial charge in [-0.15, -0.1) is 0 Å². The standard InChI is InChI=1S/C13H17N3O2/c1-2-16(9-10-17)13(18)12-11(5-3-7-14)6-4-8-15-12/h4,6,8,17H,2,7,9-10,14H2,1H3. The van der Waals surface area contributed by atoms with E-state index in [1.807, 2.05) is 6.92 Å². The Morgan fingerprint density at radius 1 is 1.61 bits per heavy atom. The van der Waals surface area contributed by atoms with Crippen molar-refractivity contribution in [2.24, 2.45) is 5.73 Å². The van der Waals surface area contributed by atoms with E-state index in [1.165, 1.54) is 4.90 Å². The number of likely N-dealkylation sites (N-methyl/N-ethyl adjacent to an activating group) is 1. The SMILES string of the molecule is CCN(CCO)C(=O)c1ncccc1C#CCN. The van der Waals surface area contributed by atoms with Crippen LogP contribution in [-0.4, -0.2) is 47.1 Å². The maximum absolute atomic E-state index is 12.2. The number of hydrogen-bond donors (Lipinski definition) is 2. The molecule has 3 N–H and O–H groups in total. The Labute approximate surface area is 107 Å². The van der Waals surface area contributed by atoms with E-state index < -0.39 is 0 Å². The van der Waals surface area contributed by atoms with E-state index in [-0.39, 0.29) is 25.6 Å². The van der Waals surface area contributed by atoms with Crippen LogP contribution in [0.25, 0.3) is 0 Å². The Kier molecular flexibility index (Phi) is 5.85. The van der Waals surface area contributed by atoms with Gasteiger partial charge in [0.25, 0.3) is 5.91 Å². The maximum Gasteiger partial charge on any atom is 0.273 e. The van der Waals surface area contributed by atoms with E-state index in [9.17, 15) is 4.79 Å². The molecule has 1 amide bonds. The van der Waals surface area contributed by atoms with Crippen molar-refractivity contribution in [3.63, 3.8) is 0 Å². The van der Waals surface area contributed by atoms with Gasteiger partial charge < -0.3 is 15.7 Å². The van der Waals surface area contributed by atoms with Crippen molar-refractivity contribution < 1.29 is 9.90 Å². The number of carbonyl (C=O) groups excluding carboxylic acids is 1. The number of hydrogen-bond acceptors (Lipinski definition) is 4. The Morgan fingerprint density at radius 2 is 2.39 bits per heavy atom. The third-order valence-electron chi connectivity index (χ3n) is 2.37. The number of rotatable bonds is 4. The predicted molar refractivity (Wildman–Crippen MR) is 68.8 cm³/mol. The largest absolute Gasteiger partial charge is 0.395 e. The van der Waals surface area contributed by atoms with Gasteiger partial charge in [-0.2, -0.15) is 0 Å². The molecule has 0 unspecified atom stereocenters. The smallest absolute Gasteiger partial charge is 0.273 e. The Morgan fingerprint density at radius 3 is 3.00 bits per heavy atom. The van der Waals surface area contributed by atoms with Crippen molar-refractivity contribution in [3.05, 3.63) is 29.6 Å². The lowest BCUT2D eigenvalue weighted by Crippen LogP contribution is -2.34. The summed E-state index contributed by atoms with van der Waals surface area (Å²) < 4.78 is 0. The fourth-order valence-electron chi connectivity index (χ4n) is 1.50. The molecule has 0 saturated carbocycles. The van der Waals surface area contributed by atoms with E-state index >= 15 is 0 Å². The lowest BCUT2D eigenvalue weighted by atomic mass is 10.1. The molecule has 0 aliphatic carbocycles. The van der Waals surface area contributed by atoms with Gasteiger partial charge in [-0.1, -0.05) is 11.8 Å². The van der Waals surface area contributed by atoms with Crippen LogP contribution in [0.5, 0.6) is 0 Å². The summed E-state index contributed by atoms with van der Waals surface area (Å²) in [6.45, 7) is 2.81. The fourth-order valence-corrected chi connectivity index (χ4v) is 1.50. The fraction of sp³-hybridized carbons (Fsp3) is 0.385. The number of nitrogens with two attached hydrogens (primary N) is 1. The van der Waals surface area contributed by atoms with Crippen LogP contribution in [0.1, 0.15) is 23.0 Å². The van der Waals surface area contributed by atoms with Crippen molar-refractivity contribution in [3.8, 4) is 11.8 Å². The van der Waals surface area contributed by atoms with Gasteiger partial charge in [-0.05, 0) is 19.1 Å². The van der Waals surface area contributed by atoms with Crippen LogP contribution in [-0.2, 0) is 0 Å². The van der Waals surface area contributed by atoms with Gasteiger partial charge in [0.2, 0.25) is 0 Å². The summed E-state index contributed by atoms with van der Waals surface area (Å²) >= 11 is 0. The average molecular weight is 247 g/mol. The highest BCUT2D eigenvalue weighted by molar-refractivity contribution is 5.94. The monoisotopic (exact) mass is 247 g/mol. The minimum atomic E-state index is -0.228. The predicted octanol–water partition coefficient (Wildman–Crippen LogP) is -0.154. The molecule has 96 valence electrons. The number of aromatic nitrogens is 1. The van der Waals surface area contributed by atoms with Crippen LogP contribution in [0.4, 0.5) is 0 Å². The highest BCUT2D eigenvalue weighted by Gasteiger charge is 2.17. The zero-order chi connectivity index (χ0) is 13.4. The summed E-state index contributed by atoms with van der Waals surface area (Å²) in [5, 5.41) is 8.92. The average Bonchev–Trinajstić information content (AvgIpc) is 2.42. The first-order valence-electron chi connectivity index (χ1n) is 5.78.